The summed E-state index contributed by atoms with van der Waals surface area (Å²) in [5.41, 5.74) is 3.87. The van der Waals surface area contributed by atoms with E-state index in [4.69, 9.17) is 9.47 Å². The first kappa shape index (κ1) is 11.8. The monoisotopic (exact) mass is 265 g/mol. The third kappa shape index (κ3) is 1.96. The molecule has 2 aromatic carbocycles. The second-order valence-electron chi connectivity index (χ2n) is 5.46. The van der Waals surface area contributed by atoms with Crippen LogP contribution >= 0.6 is 0 Å². The molecular weight excluding hydrogens is 248 g/mol. The van der Waals surface area contributed by atoms with Crippen molar-refractivity contribution in [1.82, 2.24) is 0 Å². The van der Waals surface area contributed by atoms with E-state index in [0.717, 1.165) is 37.4 Å². The van der Waals surface area contributed by atoms with Crippen molar-refractivity contribution in [2.75, 3.05) is 6.61 Å². The molecule has 0 amide bonds. The molecule has 0 fully saturated rings. The summed E-state index contributed by atoms with van der Waals surface area (Å²) >= 11 is 0. The topological polar surface area (TPSA) is 18.5 Å². The van der Waals surface area contributed by atoms with E-state index in [2.05, 4.69) is 30.3 Å². The summed E-state index contributed by atoms with van der Waals surface area (Å²) in [6, 6.07) is 14.7. The number of rotatable bonds is 1. The lowest BCUT2D eigenvalue weighted by Crippen LogP contribution is -2.18. The minimum atomic E-state index is 0.276. The van der Waals surface area contributed by atoms with Crippen molar-refractivity contribution in [1.29, 1.82) is 0 Å². The van der Waals surface area contributed by atoms with Gasteiger partial charge in [-0.15, -0.1) is 0 Å². The van der Waals surface area contributed by atoms with Crippen LogP contribution in [0.15, 0.2) is 42.5 Å². The predicted octanol–water partition coefficient (Wildman–Crippen LogP) is 3.89. The minimum absolute atomic E-state index is 0.276. The standard InChI is InChI=1S/C18H17O2/c1-2-9-17-14(5-1)11-15(12-20-17)16-8-3-6-13-7-4-10-19-18(13)16/h1-3,5-6,8-9,12,15H,4,7,10-11H2. The maximum atomic E-state index is 5.92. The molecule has 2 heteroatoms. The van der Waals surface area contributed by atoms with Crippen LogP contribution in [0.25, 0.3) is 0 Å². The van der Waals surface area contributed by atoms with E-state index in [1.54, 1.807) is 0 Å². The highest BCUT2D eigenvalue weighted by molar-refractivity contribution is 5.48. The lowest BCUT2D eigenvalue weighted by atomic mass is 9.87. The molecular formula is C18H17O2. The first-order chi connectivity index (χ1) is 9.92. The Morgan fingerprint density at radius 2 is 1.85 bits per heavy atom. The van der Waals surface area contributed by atoms with Gasteiger partial charge in [-0.05, 0) is 36.5 Å². The lowest BCUT2D eigenvalue weighted by Gasteiger charge is -2.28. The van der Waals surface area contributed by atoms with Gasteiger partial charge >= 0.3 is 0 Å². The van der Waals surface area contributed by atoms with Crippen molar-refractivity contribution in [2.24, 2.45) is 0 Å². The maximum Gasteiger partial charge on any atom is 0.143 e. The van der Waals surface area contributed by atoms with E-state index in [1.807, 2.05) is 18.7 Å². The van der Waals surface area contributed by atoms with Crippen LogP contribution < -0.4 is 9.47 Å². The van der Waals surface area contributed by atoms with Crippen molar-refractivity contribution in [2.45, 2.75) is 25.2 Å². The smallest absolute Gasteiger partial charge is 0.143 e. The van der Waals surface area contributed by atoms with Crippen LogP contribution in [0.2, 0.25) is 0 Å². The zero-order chi connectivity index (χ0) is 13.4. The van der Waals surface area contributed by atoms with Crippen molar-refractivity contribution < 1.29 is 9.47 Å². The molecule has 0 bridgehead atoms. The van der Waals surface area contributed by atoms with E-state index in [9.17, 15) is 0 Å². The Bertz CT molecular complexity index is 633. The van der Waals surface area contributed by atoms with E-state index in [0.29, 0.717) is 0 Å². The highest BCUT2D eigenvalue weighted by Crippen LogP contribution is 2.40. The molecule has 2 nitrogen and oxygen atoms in total. The first-order valence-corrected chi connectivity index (χ1v) is 7.24. The van der Waals surface area contributed by atoms with Crippen molar-refractivity contribution in [3.8, 4) is 11.5 Å². The van der Waals surface area contributed by atoms with Crippen LogP contribution in [-0.2, 0) is 12.8 Å². The summed E-state index contributed by atoms with van der Waals surface area (Å²) in [5, 5.41) is 0. The second-order valence-corrected chi connectivity index (χ2v) is 5.46. The first-order valence-electron chi connectivity index (χ1n) is 7.24. The highest BCUT2D eigenvalue weighted by atomic mass is 16.5. The molecule has 2 aromatic rings. The summed E-state index contributed by atoms with van der Waals surface area (Å²) in [6.07, 6.45) is 3.22. The Kier molecular flexibility index (Phi) is 2.87. The van der Waals surface area contributed by atoms with Gasteiger partial charge in [0.2, 0.25) is 0 Å². The Hall–Kier alpha value is -1.96. The largest absolute Gasteiger partial charge is 0.493 e. The second kappa shape index (κ2) is 4.86. The molecule has 2 heterocycles. The van der Waals surface area contributed by atoms with Crippen LogP contribution in [-0.4, -0.2) is 6.61 Å². The van der Waals surface area contributed by atoms with Gasteiger partial charge in [0.05, 0.1) is 6.61 Å². The third-order valence-corrected chi connectivity index (χ3v) is 4.14. The van der Waals surface area contributed by atoms with E-state index in [1.165, 1.54) is 16.7 Å². The number of aryl methyl sites for hydroxylation is 1. The van der Waals surface area contributed by atoms with Crippen LogP contribution in [0.4, 0.5) is 0 Å². The minimum Gasteiger partial charge on any atom is -0.493 e. The van der Waals surface area contributed by atoms with Gasteiger partial charge in [-0.25, -0.2) is 0 Å². The van der Waals surface area contributed by atoms with E-state index >= 15 is 0 Å². The molecule has 20 heavy (non-hydrogen) atoms. The molecule has 1 atom stereocenters. The molecule has 4 rings (SSSR count). The fraction of sp³-hybridized carbons (Fsp3) is 0.278. The predicted molar refractivity (Wildman–Crippen MR) is 78.1 cm³/mol. The number of fused-ring (bicyclic) bond motifs is 2. The number of para-hydroxylation sites is 2. The SMILES string of the molecule is [CH]1Oc2ccccc2CC1c1cccc2c1OCCC2. The summed E-state index contributed by atoms with van der Waals surface area (Å²) in [6.45, 7) is 2.78. The fourth-order valence-electron chi connectivity index (χ4n) is 3.12. The summed E-state index contributed by atoms with van der Waals surface area (Å²) in [7, 11) is 0. The van der Waals surface area contributed by atoms with E-state index < -0.39 is 0 Å². The molecule has 1 radical (unpaired) electrons. The molecule has 2 aliphatic rings. The normalized spacial score (nSPS) is 20.3. The number of benzene rings is 2. The lowest BCUT2D eigenvalue weighted by molar-refractivity contribution is 0.277. The van der Waals surface area contributed by atoms with Crippen LogP contribution in [0, 0.1) is 6.61 Å². The van der Waals surface area contributed by atoms with Crippen molar-refractivity contribution in [3.05, 3.63) is 65.8 Å². The fourth-order valence-corrected chi connectivity index (χ4v) is 3.12. The third-order valence-electron chi connectivity index (χ3n) is 4.14. The Labute approximate surface area is 119 Å². The summed E-state index contributed by atoms with van der Waals surface area (Å²) in [4.78, 5) is 0. The molecule has 2 aliphatic heterocycles. The van der Waals surface area contributed by atoms with Gasteiger partial charge in [0.1, 0.15) is 18.1 Å². The number of hydrogen-bond acceptors (Lipinski definition) is 2. The van der Waals surface area contributed by atoms with Crippen LogP contribution in [0.5, 0.6) is 11.5 Å². The van der Waals surface area contributed by atoms with Gasteiger partial charge < -0.3 is 9.47 Å². The van der Waals surface area contributed by atoms with Gasteiger partial charge in [-0.1, -0.05) is 36.4 Å². The Morgan fingerprint density at radius 1 is 0.950 bits per heavy atom. The molecule has 0 N–H and O–H groups in total. The summed E-state index contributed by atoms with van der Waals surface area (Å²) in [5.74, 6) is 2.34. The average molecular weight is 265 g/mol. The van der Waals surface area contributed by atoms with E-state index in [-0.39, 0.29) is 5.92 Å². The number of hydrogen-bond donors (Lipinski definition) is 0. The van der Waals surface area contributed by atoms with Gasteiger partial charge in [0, 0.05) is 11.5 Å². The Morgan fingerprint density at radius 3 is 2.85 bits per heavy atom. The average Bonchev–Trinajstić information content (AvgIpc) is 2.54. The molecule has 1 unspecified atom stereocenters. The molecule has 101 valence electrons. The molecule has 0 aliphatic carbocycles. The molecule has 0 aromatic heterocycles. The quantitative estimate of drug-likeness (QED) is 0.778. The number of ether oxygens (including phenoxy) is 2. The molecule has 0 spiro atoms. The van der Waals surface area contributed by atoms with Crippen molar-refractivity contribution >= 4 is 0 Å². The molecule has 0 saturated carbocycles. The van der Waals surface area contributed by atoms with Crippen LogP contribution in [0.3, 0.4) is 0 Å². The summed E-state index contributed by atoms with van der Waals surface area (Å²) < 4.78 is 11.7. The van der Waals surface area contributed by atoms with Gasteiger partial charge in [-0.3, -0.25) is 0 Å². The maximum absolute atomic E-state index is 5.92. The zero-order valence-electron chi connectivity index (χ0n) is 11.3. The zero-order valence-corrected chi connectivity index (χ0v) is 11.3. The van der Waals surface area contributed by atoms with Gasteiger partial charge in [0.25, 0.3) is 0 Å². The van der Waals surface area contributed by atoms with Crippen LogP contribution in [0.1, 0.15) is 29.0 Å². The van der Waals surface area contributed by atoms with Gasteiger partial charge in [-0.2, -0.15) is 0 Å². The Balaban J connectivity index is 1.70. The highest BCUT2D eigenvalue weighted by Gasteiger charge is 2.26. The van der Waals surface area contributed by atoms with Crippen molar-refractivity contribution in [3.63, 3.8) is 0 Å². The molecule has 0 saturated heterocycles. The van der Waals surface area contributed by atoms with Gasteiger partial charge in [0.15, 0.2) is 0 Å².